The Morgan fingerprint density at radius 3 is 2.68 bits per heavy atom. The van der Waals surface area contributed by atoms with Crippen LogP contribution in [0.5, 0.6) is 0 Å². The second kappa shape index (κ2) is 3.61. The average Bonchev–Trinajstić information content (AvgIpc) is 2.95. The summed E-state index contributed by atoms with van der Waals surface area (Å²) in [6, 6.07) is -0.494. The Labute approximate surface area is 123 Å². The Morgan fingerprint density at radius 1 is 1.27 bits per heavy atom. The Kier molecular flexibility index (Phi) is 2.04. The number of halogens is 2. The molecular formula is C14H13F2N5O. The molecule has 2 atom stereocenters. The van der Waals surface area contributed by atoms with Gasteiger partial charge in [0.05, 0.1) is 23.5 Å². The van der Waals surface area contributed by atoms with Crippen molar-refractivity contribution in [2.24, 2.45) is 0 Å². The van der Waals surface area contributed by atoms with Crippen molar-refractivity contribution in [3.8, 4) is 0 Å². The standard InChI is InChI=1S/C14H13F2N5O/c15-8-3-10(9-4-17-1-2-18-9)20-11(8)19-21(12(20)22)14-5-13(16,6-14)7-14/h1-2,4,8,10H,3,5-7H2/t8-,10-,13?,14?/m0/s1. The first-order valence-electron chi connectivity index (χ1n) is 7.32. The van der Waals surface area contributed by atoms with Gasteiger partial charge >= 0.3 is 5.69 Å². The second-order valence-electron chi connectivity index (χ2n) is 6.68. The maximum absolute atomic E-state index is 14.3. The number of hydrogen-bond acceptors (Lipinski definition) is 4. The lowest BCUT2D eigenvalue weighted by Gasteiger charge is -2.64. The van der Waals surface area contributed by atoms with E-state index in [1.54, 1.807) is 0 Å². The van der Waals surface area contributed by atoms with Crippen LogP contribution in [-0.4, -0.2) is 30.0 Å². The molecule has 0 saturated heterocycles. The Bertz CT molecular complexity index is 810. The van der Waals surface area contributed by atoms with Crippen molar-refractivity contribution in [3.05, 3.63) is 40.6 Å². The molecule has 3 heterocycles. The van der Waals surface area contributed by atoms with Gasteiger partial charge in [-0.25, -0.2) is 18.3 Å². The van der Waals surface area contributed by atoms with Crippen molar-refractivity contribution in [3.63, 3.8) is 0 Å². The molecule has 8 heteroatoms. The summed E-state index contributed by atoms with van der Waals surface area (Å²) in [5.41, 5.74) is -1.49. The molecule has 3 fully saturated rings. The minimum absolute atomic E-state index is 0.123. The summed E-state index contributed by atoms with van der Waals surface area (Å²) in [6.07, 6.45) is 4.33. The van der Waals surface area contributed by atoms with Gasteiger partial charge in [0.25, 0.3) is 0 Å². The van der Waals surface area contributed by atoms with Gasteiger partial charge < -0.3 is 0 Å². The van der Waals surface area contributed by atoms with Crippen LogP contribution < -0.4 is 5.69 Å². The number of nitrogens with zero attached hydrogens (tertiary/aromatic N) is 5. The number of fused-ring (bicyclic) bond motifs is 1. The number of alkyl halides is 2. The second-order valence-corrected chi connectivity index (χ2v) is 6.68. The van der Waals surface area contributed by atoms with Gasteiger partial charge in [0.1, 0.15) is 5.67 Å². The van der Waals surface area contributed by atoms with Gasteiger partial charge in [0.15, 0.2) is 12.0 Å². The molecule has 0 N–H and O–H groups in total. The number of aromatic nitrogens is 5. The van der Waals surface area contributed by atoms with Gasteiger partial charge in [-0.1, -0.05) is 0 Å². The molecule has 6 rings (SSSR count). The average molecular weight is 305 g/mol. The van der Waals surface area contributed by atoms with Crippen LogP contribution in [0.1, 0.15) is 49.4 Å². The fraction of sp³-hybridized carbons (Fsp3) is 0.571. The summed E-state index contributed by atoms with van der Waals surface area (Å²) in [4.78, 5) is 20.8. The van der Waals surface area contributed by atoms with Gasteiger partial charge in [-0.3, -0.25) is 14.5 Å². The highest BCUT2D eigenvalue weighted by Gasteiger charge is 2.72. The van der Waals surface area contributed by atoms with Crippen LogP contribution in [-0.2, 0) is 5.54 Å². The third-order valence-electron chi connectivity index (χ3n) is 5.17. The summed E-state index contributed by atoms with van der Waals surface area (Å²) < 4.78 is 30.7. The van der Waals surface area contributed by atoms with E-state index in [0.717, 1.165) is 0 Å². The summed E-state index contributed by atoms with van der Waals surface area (Å²) >= 11 is 0. The molecule has 4 aliphatic rings. The van der Waals surface area contributed by atoms with E-state index in [9.17, 15) is 13.6 Å². The largest absolute Gasteiger partial charge is 0.347 e. The molecule has 22 heavy (non-hydrogen) atoms. The predicted octanol–water partition coefficient (Wildman–Crippen LogP) is 1.44. The topological polar surface area (TPSA) is 65.6 Å². The van der Waals surface area contributed by atoms with Crippen LogP contribution in [0.25, 0.3) is 0 Å². The molecule has 6 nitrogen and oxygen atoms in total. The third kappa shape index (κ3) is 1.33. The highest BCUT2D eigenvalue weighted by molar-refractivity contribution is 5.24. The Balaban J connectivity index is 1.62. The molecule has 1 aliphatic heterocycles. The van der Waals surface area contributed by atoms with Crippen molar-refractivity contribution in [1.29, 1.82) is 0 Å². The smallest absolute Gasteiger partial charge is 0.267 e. The lowest BCUT2D eigenvalue weighted by Crippen LogP contribution is -2.72. The van der Waals surface area contributed by atoms with E-state index in [0.29, 0.717) is 25.0 Å². The van der Waals surface area contributed by atoms with Crippen LogP contribution in [0.2, 0.25) is 0 Å². The van der Waals surface area contributed by atoms with Crippen LogP contribution in [0.3, 0.4) is 0 Å². The van der Waals surface area contributed by atoms with Gasteiger partial charge in [-0.05, 0) is 0 Å². The lowest BCUT2D eigenvalue weighted by molar-refractivity contribution is -0.205. The van der Waals surface area contributed by atoms with Crippen LogP contribution in [0.15, 0.2) is 23.4 Å². The molecule has 2 bridgehead atoms. The molecule has 2 aromatic rings. The first-order valence-corrected chi connectivity index (χ1v) is 7.32. The molecule has 0 unspecified atom stereocenters. The molecule has 0 amide bonds. The van der Waals surface area contributed by atoms with Crippen LogP contribution in [0, 0.1) is 0 Å². The number of hydrogen-bond donors (Lipinski definition) is 0. The van der Waals surface area contributed by atoms with Gasteiger partial charge in [0.2, 0.25) is 0 Å². The zero-order valence-corrected chi connectivity index (χ0v) is 11.6. The van der Waals surface area contributed by atoms with E-state index >= 15 is 0 Å². The molecular weight excluding hydrogens is 292 g/mol. The lowest BCUT2D eigenvalue weighted by atomic mass is 9.47. The van der Waals surface area contributed by atoms with E-state index < -0.39 is 23.4 Å². The third-order valence-corrected chi connectivity index (χ3v) is 5.17. The van der Waals surface area contributed by atoms with Crippen LogP contribution in [0.4, 0.5) is 8.78 Å². The van der Waals surface area contributed by atoms with Crippen molar-refractivity contribution in [1.82, 2.24) is 24.3 Å². The summed E-state index contributed by atoms with van der Waals surface area (Å²) in [5, 5.41) is 4.19. The fourth-order valence-electron chi connectivity index (χ4n) is 4.19. The first-order chi connectivity index (χ1) is 10.5. The van der Waals surface area contributed by atoms with Crippen molar-refractivity contribution in [2.75, 3.05) is 0 Å². The minimum Gasteiger partial charge on any atom is -0.267 e. The summed E-state index contributed by atoms with van der Waals surface area (Å²) in [7, 11) is 0. The normalized spacial score (nSPS) is 38.3. The van der Waals surface area contributed by atoms with E-state index in [2.05, 4.69) is 15.1 Å². The van der Waals surface area contributed by atoms with E-state index in [1.165, 1.54) is 27.8 Å². The van der Waals surface area contributed by atoms with E-state index in [4.69, 9.17) is 0 Å². The van der Waals surface area contributed by atoms with Crippen molar-refractivity contribution >= 4 is 0 Å². The van der Waals surface area contributed by atoms with Gasteiger partial charge in [-0.15, -0.1) is 0 Å². The van der Waals surface area contributed by atoms with Crippen molar-refractivity contribution < 1.29 is 8.78 Å². The highest BCUT2D eigenvalue weighted by Crippen LogP contribution is 2.67. The molecule has 3 aliphatic carbocycles. The highest BCUT2D eigenvalue weighted by atomic mass is 19.1. The summed E-state index contributed by atoms with van der Waals surface area (Å²) in [5.74, 6) is 0.123. The predicted molar refractivity (Wildman–Crippen MR) is 70.8 cm³/mol. The maximum atomic E-state index is 14.3. The Morgan fingerprint density at radius 2 is 2.05 bits per heavy atom. The Hall–Kier alpha value is -2.12. The fourth-order valence-corrected chi connectivity index (χ4v) is 4.19. The van der Waals surface area contributed by atoms with E-state index in [1.807, 2.05) is 0 Å². The van der Waals surface area contributed by atoms with Crippen molar-refractivity contribution in [2.45, 2.75) is 49.1 Å². The number of rotatable bonds is 2. The SMILES string of the molecule is O=c1n(C23CC(F)(C2)C3)nc2n1[C@H](c1cnccn1)C[C@@H]2F. The van der Waals surface area contributed by atoms with Gasteiger partial charge in [-0.2, -0.15) is 5.10 Å². The molecule has 0 aromatic carbocycles. The summed E-state index contributed by atoms with van der Waals surface area (Å²) in [6.45, 7) is 0. The van der Waals surface area contributed by atoms with Crippen LogP contribution >= 0.6 is 0 Å². The molecule has 0 radical (unpaired) electrons. The zero-order valence-electron chi connectivity index (χ0n) is 11.6. The van der Waals surface area contributed by atoms with Gasteiger partial charge in [0, 0.05) is 38.1 Å². The van der Waals surface area contributed by atoms with E-state index in [-0.39, 0.29) is 17.9 Å². The molecule has 114 valence electrons. The molecule has 2 aromatic heterocycles. The monoisotopic (exact) mass is 305 g/mol. The molecule has 3 saturated carbocycles. The zero-order chi connectivity index (χ0) is 15.1. The quantitative estimate of drug-likeness (QED) is 0.842. The first kappa shape index (κ1) is 12.4. The molecule has 0 spiro atoms. The maximum Gasteiger partial charge on any atom is 0.347 e. The minimum atomic E-state index is -1.31.